The zero-order valence-corrected chi connectivity index (χ0v) is 14.7. The quantitative estimate of drug-likeness (QED) is 0.673. The van der Waals surface area contributed by atoms with Gasteiger partial charge in [-0.1, -0.05) is 41.4 Å². The summed E-state index contributed by atoms with van der Waals surface area (Å²) in [7, 11) is 1.76. The van der Waals surface area contributed by atoms with E-state index in [1.807, 2.05) is 31.2 Å². The van der Waals surface area contributed by atoms with Gasteiger partial charge < -0.3 is 4.90 Å². The Morgan fingerprint density at radius 1 is 1.19 bits per heavy atom. The summed E-state index contributed by atoms with van der Waals surface area (Å²) >= 11 is 15.5. The van der Waals surface area contributed by atoms with E-state index in [0.29, 0.717) is 20.1 Å². The van der Waals surface area contributed by atoms with Crippen molar-refractivity contribution < 1.29 is 4.79 Å². The summed E-state index contributed by atoms with van der Waals surface area (Å²) in [6.07, 6.45) is 0. The summed E-state index contributed by atoms with van der Waals surface area (Å²) in [6, 6.07) is 12.7. The van der Waals surface area contributed by atoms with Crippen molar-refractivity contribution in [3.8, 4) is 0 Å². The van der Waals surface area contributed by atoms with Crippen LogP contribution >= 0.6 is 39.1 Å². The second-order valence-electron chi connectivity index (χ2n) is 4.75. The van der Waals surface area contributed by atoms with Crippen LogP contribution in [0.3, 0.4) is 0 Å². The molecule has 5 heteroatoms. The minimum Gasteiger partial charge on any atom is -0.335 e. The second kappa shape index (κ2) is 6.82. The van der Waals surface area contributed by atoms with Gasteiger partial charge >= 0.3 is 0 Å². The zero-order valence-electron chi connectivity index (χ0n) is 11.6. The summed E-state index contributed by atoms with van der Waals surface area (Å²) < 4.78 is 0.707. The predicted molar refractivity (Wildman–Crippen MR) is 91.1 cm³/mol. The summed E-state index contributed by atoms with van der Waals surface area (Å²) in [5.74, 6) is -0.131. The van der Waals surface area contributed by atoms with Gasteiger partial charge in [0.05, 0.1) is 16.6 Å². The highest BCUT2D eigenvalue weighted by Gasteiger charge is 2.21. The maximum absolute atomic E-state index is 12.6. The molecule has 0 aliphatic carbocycles. The lowest BCUT2D eigenvalue weighted by molar-refractivity contribution is 0.0743. The van der Waals surface area contributed by atoms with Crippen molar-refractivity contribution in [3.63, 3.8) is 0 Å². The summed E-state index contributed by atoms with van der Waals surface area (Å²) in [5, 5.41) is 1.08. The van der Waals surface area contributed by atoms with Crippen molar-refractivity contribution in [1.29, 1.82) is 0 Å². The average Bonchev–Trinajstić information content (AvgIpc) is 2.48. The molecule has 2 aromatic rings. The van der Waals surface area contributed by atoms with Gasteiger partial charge in [0.2, 0.25) is 0 Å². The van der Waals surface area contributed by atoms with Gasteiger partial charge in [-0.3, -0.25) is 4.79 Å². The number of amides is 1. The number of hydrogen-bond acceptors (Lipinski definition) is 1. The number of carbonyl (C=O) groups is 1. The molecule has 1 amide bonds. The number of benzene rings is 2. The number of carbonyl (C=O) groups excluding carboxylic acids is 1. The normalized spacial score (nSPS) is 12.0. The van der Waals surface area contributed by atoms with Crippen molar-refractivity contribution >= 4 is 45.0 Å². The Morgan fingerprint density at radius 2 is 1.86 bits per heavy atom. The van der Waals surface area contributed by atoms with Gasteiger partial charge in [0.25, 0.3) is 5.91 Å². The maximum atomic E-state index is 12.6. The van der Waals surface area contributed by atoms with E-state index in [-0.39, 0.29) is 11.9 Å². The molecule has 0 aliphatic heterocycles. The average molecular weight is 387 g/mol. The number of rotatable bonds is 3. The van der Waals surface area contributed by atoms with Gasteiger partial charge in [-0.05, 0) is 52.7 Å². The van der Waals surface area contributed by atoms with Crippen LogP contribution in [0, 0.1) is 0 Å². The van der Waals surface area contributed by atoms with Crippen molar-refractivity contribution in [2.24, 2.45) is 0 Å². The molecule has 21 heavy (non-hydrogen) atoms. The Bertz CT molecular complexity index is 675. The first-order chi connectivity index (χ1) is 9.91. The van der Waals surface area contributed by atoms with E-state index >= 15 is 0 Å². The molecule has 0 fully saturated rings. The lowest BCUT2D eigenvalue weighted by Crippen LogP contribution is -2.29. The Kier molecular flexibility index (Phi) is 5.31. The van der Waals surface area contributed by atoms with Gasteiger partial charge in [0.1, 0.15) is 0 Å². The van der Waals surface area contributed by atoms with E-state index in [1.165, 1.54) is 0 Å². The van der Waals surface area contributed by atoms with E-state index in [0.717, 1.165) is 5.56 Å². The largest absolute Gasteiger partial charge is 0.335 e. The zero-order chi connectivity index (χ0) is 15.6. The minimum atomic E-state index is -0.131. The standard InChI is InChI=1S/C16H14BrCl2NO/c1-10(11-5-3-6-12(18)9-11)20(2)16(21)13-7-4-8-14(17)15(13)19/h3-10H,1-2H3. The van der Waals surface area contributed by atoms with Crippen molar-refractivity contribution in [2.75, 3.05) is 7.05 Å². The first-order valence-electron chi connectivity index (χ1n) is 6.38. The molecule has 0 radical (unpaired) electrons. The second-order valence-corrected chi connectivity index (χ2v) is 6.42. The highest BCUT2D eigenvalue weighted by molar-refractivity contribution is 9.10. The topological polar surface area (TPSA) is 20.3 Å². The van der Waals surface area contributed by atoms with Crippen LogP contribution in [0.5, 0.6) is 0 Å². The van der Waals surface area contributed by atoms with Gasteiger partial charge in [-0.15, -0.1) is 0 Å². The molecule has 0 heterocycles. The SMILES string of the molecule is CC(c1cccc(Cl)c1)N(C)C(=O)c1cccc(Br)c1Cl. The van der Waals surface area contributed by atoms with Gasteiger partial charge in [-0.25, -0.2) is 0 Å². The summed E-state index contributed by atoms with van der Waals surface area (Å²) in [4.78, 5) is 14.3. The Labute approximate surface area is 142 Å². The third-order valence-electron chi connectivity index (χ3n) is 3.41. The van der Waals surface area contributed by atoms with Gasteiger partial charge in [0.15, 0.2) is 0 Å². The fourth-order valence-corrected chi connectivity index (χ4v) is 2.80. The van der Waals surface area contributed by atoms with Crippen molar-refractivity contribution in [3.05, 3.63) is 68.1 Å². The van der Waals surface area contributed by atoms with E-state index in [9.17, 15) is 4.79 Å². The summed E-state index contributed by atoms with van der Waals surface area (Å²) in [6.45, 7) is 1.95. The molecule has 2 aromatic carbocycles. The van der Waals surface area contributed by atoms with E-state index in [4.69, 9.17) is 23.2 Å². The molecule has 0 aromatic heterocycles. The number of halogens is 3. The molecular formula is C16H14BrCl2NO. The molecule has 2 rings (SSSR count). The fourth-order valence-electron chi connectivity index (χ4n) is 2.02. The molecule has 1 unspecified atom stereocenters. The molecule has 0 saturated carbocycles. The fraction of sp³-hybridized carbons (Fsp3) is 0.188. The van der Waals surface area contributed by atoms with Crippen LogP contribution in [0.1, 0.15) is 28.9 Å². The monoisotopic (exact) mass is 385 g/mol. The van der Waals surface area contributed by atoms with E-state index in [1.54, 1.807) is 30.1 Å². The lowest BCUT2D eigenvalue weighted by atomic mass is 10.1. The minimum absolute atomic E-state index is 0.105. The van der Waals surface area contributed by atoms with Gasteiger partial charge in [-0.2, -0.15) is 0 Å². The first-order valence-corrected chi connectivity index (χ1v) is 7.93. The smallest absolute Gasteiger partial charge is 0.255 e. The Hall–Kier alpha value is -1.03. The molecule has 0 aliphatic rings. The van der Waals surface area contributed by atoms with E-state index < -0.39 is 0 Å². The summed E-state index contributed by atoms with van der Waals surface area (Å²) in [5.41, 5.74) is 1.45. The molecule has 0 N–H and O–H groups in total. The number of hydrogen-bond donors (Lipinski definition) is 0. The van der Waals surface area contributed by atoms with Gasteiger partial charge in [0, 0.05) is 16.5 Å². The predicted octanol–water partition coefficient (Wildman–Crippen LogP) is 5.59. The van der Waals surface area contributed by atoms with Crippen molar-refractivity contribution in [1.82, 2.24) is 4.90 Å². The highest BCUT2D eigenvalue weighted by Crippen LogP contribution is 2.29. The molecule has 110 valence electrons. The third-order valence-corrected chi connectivity index (χ3v) is 4.95. The Morgan fingerprint density at radius 3 is 2.52 bits per heavy atom. The van der Waals surface area contributed by atoms with Crippen LogP contribution in [-0.2, 0) is 0 Å². The highest BCUT2D eigenvalue weighted by atomic mass is 79.9. The van der Waals surface area contributed by atoms with Crippen LogP contribution in [0.2, 0.25) is 10.0 Å². The molecule has 0 bridgehead atoms. The van der Waals surface area contributed by atoms with Crippen LogP contribution in [-0.4, -0.2) is 17.9 Å². The molecule has 0 saturated heterocycles. The first kappa shape index (κ1) is 16.3. The van der Waals surface area contributed by atoms with Crippen molar-refractivity contribution in [2.45, 2.75) is 13.0 Å². The van der Waals surface area contributed by atoms with Crippen LogP contribution in [0.15, 0.2) is 46.9 Å². The lowest BCUT2D eigenvalue weighted by Gasteiger charge is -2.26. The maximum Gasteiger partial charge on any atom is 0.255 e. The van der Waals surface area contributed by atoms with E-state index in [2.05, 4.69) is 15.9 Å². The molecule has 1 atom stereocenters. The van der Waals surface area contributed by atoms with Crippen LogP contribution in [0.4, 0.5) is 0 Å². The third kappa shape index (κ3) is 3.60. The van der Waals surface area contributed by atoms with Crippen LogP contribution < -0.4 is 0 Å². The Balaban J connectivity index is 2.29. The van der Waals surface area contributed by atoms with Crippen LogP contribution in [0.25, 0.3) is 0 Å². The molecule has 0 spiro atoms. The molecule has 2 nitrogen and oxygen atoms in total. The molecular weight excluding hydrogens is 373 g/mol. The number of nitrogens with zero attached hydrogens (tertiary/aromatic N) is 1.